The summed E-state index contributed by atoms with van der Waals surface area (Å²) in [5.74, 6) is -0.622. The van der Waals surface area contributed by atoms with Gasteiger partial charge in [0.05, 0.1) is 17.3 Å². The molecule has 1 rings (SSSR count). The number of hydroxylamine groups is 2. The molecular weight excluding hydrogens is 283 g/mol. The van der Waals surface area contributed by atoms with Crippen LogP contribution in [0.4, 0.5) is 0 Å². The number of nitrogens with zero attached hydrogens (tertiary/aromatic N) is 2. The van der Waals surface area contributed by atoms with Crippen molar-refractivity contribution in [3.63, 3.8) is 0 Å². The lowest BCUT2D eigenvalue weighted by molar-refractivity contribution is -0.162. The van der Waals surface area contributed by atoms with E-state index in [4.69, 9.17) is 5.26 Å². The van der Waals surface area contributed by atoms with E-state index in [-0.39, 0.29) is 24.1 Å². The van der Waals surface area contributed by atoms with Gasteiger partial charge in [0.1, 0.15) is 0 Å². The molecule has 0 spiro atoms. The van der Waals surface area contributed by atoms with Gasteiger partial charge in [-0.2, -0.15) is 5.26 Å². The number of hydrogen-bond acceptors (Lipinski definition) is 4. The summed E-state index contributed by atoms with van der Waals surface area (Å²) >= 11 is 0. The highest BCUT2D eigenvalue weighted by Gasteiger charge is 2.32. The van der Waals surface area contributed by atoms with Gasteiger partial charge in [0, 0.05) is 13.5 Å². The van der Waals surface area contributed by atoms with Gasteiger partial charge in [0.2, 0.25) is 5.91 Å². The lowest BCUT2D eigenvalue weighted by Gasteiger charge is -2.22. The maximum absolute atomic E-state index is 11.6. The second-order valence-corrected chi connectivity index (χ2v) is 6.04. The number of benzene rings is 1. The molecule has 0 heterocycles. The maximum atomic E-state index is 11.6. The van der Waals surface area contributed by atoms with Gasteiger partial charge in [-0.3, -0.25) is 14.6 Å². The molecule has 0 aliphatic carbocycles. The highest BCUT2D eigenvalue weighted by Crippen LogP contribution is 2.54. The first kappa shape index (κ1) is 16.3. The van der Waals surface area contributed by atoms with Crippen LogP contribution in [0.25, 0.3) is 0 Å². The van der Waals surface area contributed by atoms with Crippen molar-refractivity contribution >= 4 is 13.5 Å². The number of hydrogen-bond donors (Lipinski definition) is 3. The van der Waals surface area contributed by atoms with Gasteiger partial charge in [0.15, 0.2) is 0 Å². The molecule has 0 radical (unpaired) electrons. The minimum Gasteiger partial charge on any atom is -0.324 e. The zero-order valence-corrected chi connectivity index (χ0v) is 11.7. The van der Waals surface area contributed by atoms with Crippen molar-refractivity contribution in [2.45, 2.75) is 19.0 Å². The smallest absolute Gasteiger partial charge is 0.324 e. The minimum absolute atomic E-state index is 0.154. The first-order chi connectivity index (χ1) is 9.27. The van der Waals surface area contributed by atoms with Crippen molar-refractivity contribution in [2.75, 3.05) is 6.54 Å². The van der Waals surface area contributed by atoms with Crippen LogP contribution in [0, 0.1) is 11.3 Å². The number of nitriles is 1. The average Bonchev–Trinajstić information content (AvgIpc) is 2.37. The second-order valence-electron chi connectivity index (χ2n) is 4.23. The molecule has 8 heteroatoms. The van der Waals surface area contributed by atoms with E-state index in [1.54, 1.807) is 12.1 Å². The van der Waals surface area contributed by atoms with Crippen molar-refractivity contribution in [1.82, 2.24) is 5.06 Å². The van der Waals surface area contributed by atoms with Crippen molar-refractivity contribution in [2.24, 2.45) is 0 Å². The second kappa shape index (κ2) is 6.64. The van der Waals surface area contributed by atoms with Crippen molar-refractivity contribution in [3.05, 3.63) is 35.4 Å². The van der Waals surface area contributed by atoms with E-state index in [1.807, 2.05) is 6.07 Å². The van der Waals surface area contributed by atoms with Crippen LogP contribution in [-0.4, -0.2) is 32.5 Å². The molecule has 1 aromatic carbocycles. The van der Waals surface area contributed by atoms with Gasteiger partial charge in [-0.25, -0.2) is 5.06 Å². The third-order valence-electron chi connectivity index (χ3n) is 2.82. The Morgan fingerprint density at radius 1 is 1.45 bits per heavy atom. The quantitative estimate of drug-likeness (QED) is 0.429. The Morgan fingerprint density at radius 2 is 2.05 bits per heavy atom. The van der Waals surface area contributed by atoms with Gasteiger partial charge in [-0.1, -0.05) is 18.2 Å². The summed E-state index contributed by atoms with van der Waals surface area (Å²) < 4.78 is 11.6. The average molecular weight is 298 g/mol. The normalized spacial score (nSPS) is 12.6. The molecule has 0 saturated carbocycles. The lowest BCUT2D eigenvalue weighted by Crippen LogP contribution is -2.27. The van der Waals surface area contributed by atoms with Gasteiger partial charge in [-0.05, 0) is 18.1 Å². The zero-order valence-electron chi connectivity index (χ0n) is 10.8. The van der Waals surface area contributed by atoms with E-state index in [0.717, 1.165) is 6.92 Å². The molecule has 0 aliphatic rings. The van der Waals surface area contributed by atoms with Crippen molar-refractivity contribution in [1.29, 1.82) is 5.26 Å². The van der Waals surface area contributed by atoms with Crippen molar-refractivity contribution in [3.8, 4) is 6.07 Å². The molecule has 0 aromatic heterocycles. The highest BCUT2D eigenvalue weighted by atomic mass is 31.2. The summed E-state index contributed by atoms with van der Waals surface area (Å²) in [6, 6.07) is 7.95. The Hall–Kier alpha value is -1.71. The molecule has 0 bridgehead atoms. The fourth-order valence-electron chi connectivity index (χ4n) is 1.80. The number of carbonyl (C=O) groups excluding carboxylic acids is 1. The fraction of sp³-hybridized carbons (Fsp3) is 0.333. The Morgan fingerprint density at radius 3 is 2.55 bits per heavy atom. The van der Waals surface area contributed by atoms with E-state index >= 15 is 0 Å². The van der Waals surface area contributed by atoms with Crippen LogP contribution in [0.2, 0.25) is 0 Å². The van der Waals surface area contributed by atoms with E-state index in [1.165, 1.54) is 12.1 Å². The Balaban J connectivity index is 3.06. The lowest BCUT2D eigenvalue weighted by atomic mass is 10.0. The van der Waals surface area contributed by atoms with Crippen LogP contribution >= 0.6 is 7.60 Å². The van der Waals surface area contributed by atoms with Gasteiger partial charge in [-0.15, -0.1) is 0 Å². The SMILES string of the molecule is CC(=O)N(O)CCC(c1ccccc1C#N)P(=O)(O)O. The maximum Gasteiger partial charge on any atom is 0.333 e. The Kier molecular flexibility index (Phi) is 5.43. The summed E-state index contributed by atoms with van der Waals surface area (Å²) in [7, 11) is -4.52. The molecule has 0 aliphatic heterocycles. The van der Waals surface area contributed by atoms with Gasteiger partial charge >= 0.3 is 7.60 Å². The third kappa shape index (κ3) is 4.15. The van der Waals surface area contributed by atoms with Crippen LogP contribution in [0.5, 0.6) is 0 Å². The summed E-state index contributed by atoms with van der Waals surface area (Å²) in [6.45, 7) is 0.903. The van der Waals surface area contributed by atoms with E-state index in [2.05, 4.69) is 0 Å². The molecule has 7 nitrogen and oxygen atoms in total. The molecule has 1 atom stereocenters. The van der Waals surface area contributed by atoms with Crippen molar-refractivity contribution < 1.29 is 24.4 Å². The van der Waals surface area contributed by atoms with Crippen LogP contribution in [0.15, 0.2) is 24.3 Å². The predicted octanol–water partition coefficient (Wildman–Crippen LogP) is 1.40. The summed E-state index contributed by atoms with van der Waals surface area (Å²) in [4.78, 5) is 29.7. The fourth-order valence-corrected chi connectivity index (χ4v) is 2.84. The molecule has 1 amide bonds. The summed E-state index contributed by atoms with van der Waals surface area (Å²) in [6.07, 6.45) is -0.154. The van der Waals surface area contributed by atoms with Gasteiger partial charge in [0.25, 0.3) is 0 Å². The molecule has 108 valence electrons. The highest BCUT2D eigenvalue weighted by molar-refractivity contribution is 7.52. The molecular formula is C12H15N2O5P. The van der Waals surface area contributed by atoms with Gasteiger partial charge < -0.3 is 9.79 Å². The number of amides is 1. The molecule has 1 aromatic rings. The number of carbonyl (C=O) groups is 1. The standard InChI is InChI=1S/C12H15N2O5P/c1-9(15)14(16)7-6-12(20(17,18)19)11-5-3-2-4-10(11)8-13/h2-5,12,16H,6-7H2,1H3,(H2,17,18,19). The largest absolute Gasteiger partial charge is 0.333 e. The van der Waals surface area contributed by atoms with Crippen LogP contribution < -0.4 is 0 Å². The molecule has 1 unspecified atom stereocenters. The first-order valence-electron chi connectivity index (χ1n) is 5.78. The minimum atomic E-state index is -4.52. The predicted molar refractivity (Wildman–Crippen MR) is 69.7 cm³/mol. The zero-order chi connectivity index (χ0) is 15.3. The molecule has 20 heavy (non-hydrogen) atoms. The van der Waals surface area contributed by atoms with Crippen LogP contribution in [-0.2, 0) is 9.36 Å². The molecule has 0 saturated heterocycles. The molecule has 0 fully saturated rings. The topological polar surface area (TPSA) is 122 Å². The number of rotatable bonds is 5. The Labute approximate surface area is 116 Å². The van der Waals surface area contributed by atoms with E-state index in [9.17, 15) is 24.4 Å². The molecule has 3 N–H and O–H groups in total. The Bertz CT molecular complexity index is 577. The first-order valence-corrected chi connectivity index (χ1v) is 7.46. The third-order valence-corrected chi connectivity index (χ3v) is 4.17. The summed E-state index contributed by atoms with van der Waals surface area (Å²) in [5.41, 5.74) is -0.874. The van der Waals surface area contributed by atoms with E-state index in [0.29, 0.717) is 5.06 Å². The summed E-state index contributed by atoms with van der Waals surface area (Å²) in [5, 5.41) is 18.6. The van der Waals surface area contributed by atoms with Crippen LogP contribution in [0.1, 0.15) is 30.1 Å². The monoisotopic (exact) mass is 298 g/mol. The van der Waals surface area contributed by atoms with Crippen LogP contribution in [0.3, 0.4) is 0 Å². The van der Waals surface area contributed by atoms with E-state index < -0.39 is 19.2 Å².